The summed E-state index contributed by atoms with van der Waals surface area (Å²) in [6.07, 6.45) is 2.95. The van der Waals surface area contributed by atoms with E-state index in [-0.39, 0.29) is 24.4 Å². The highest BCUT2D eigenvalue weighted by molar-refractivity contribution is 5.93. The van der Waals surface area contributed by atoms with Crippen LogP contribution < -0.4 is 5.32 Å². The fourth-order valence-electron chi connectivity index (χ4n) is 4.68. The molecule has 1 atom stereocenters. The van der Waals surface area contributed by atoms with Crippen molar-refractivity contribution in [3.05, 3.63) is 64.7 Å². The van der Waals surface area contributed by atoms with Crippen LogP contribution in [0.4, 0.5) is 5.69 Å². The predicted octanol–water partition coefficient (Wildman–Crippen LogP) is 4.10. The summed E-state index contributed by atoms with van der Waals surface area (Å²) in [4.78, 5) is 30.6. The average molecular weight is 420 g/mol. The number of nitrogens with zero attached hydrogens (tertiary/aromatic N) is 2. The normalized spacial score (nSPS) is 19.7. The van der Waals surface area contributed by atoms with E-state index in [9.17, 15) is 9.59 Å². The zero-order chi connectivity index (χ0) is 22.0. The van der Waals surface area contributed by atoms with Gasteiger partial charge in [-0.05, 0) is 73.4 Å². The molecule has 2 aliphatic heterocycles. The third-order valence-electron chi connectivity index (χ3n) is 6.85. The summed E-state index contributed by atoms with van der Waals surface area (Å²) in [5, 5.41) is 3.02. The topological polar surface area (TPSA) is 52.7 Å². The fourth-order valence-corrected chi connectivity index (χ4v) is 4.68. The van der Waals surface area contributed by atoms with Gasteiger partial charge in [0.2, 0.25) is 11.8 Å². The largest absolute Gasteiger partial charge is 0.341 e. The van der Waals surface area contributed by atoms with Crippen LogP contribution in [0.5, 0.6) is 0 Å². The lowest BCUT2D eigenvalue weighted by atomic mass is 9.90. The minimum Gasteiger partial charge on any atom is -0.341 e. The minimum atomic E-state index is -0.385. The van der Waals surface area contributed by atoms with E-state index in [4.69, 9.17) is 0 Å². The molecule has 0 aliphatic carbocycles. The van der Waals surface area contributed by atoms with Gasteiger partial charge in [-0.1, -0.05) is 37.3 Å². The first-order valence-electron chi connectivity index (χ1n) is 11.4. The summed E-state index contributed by atoms with van der Waals surface area (Å²) >= 11 is 0. The molecule has 2 aromatic rings. The summed E-state index contributed by atoms with van der Waals surface area (Å²) in [5.74, 6) is 0.730. The first-order chi connectivity index (χ1) is 14.9. The van der Waals surface area contributed by atoms with Gasteiger partial charge in [-0.15, -0.1) is 0 Å². The highest BCUT2D eigenvalue weighted by Crippen LogP contribution is 2.32. The number of aryl methyl sites for hydroxylation is 2. The van der Waals surface area contributed by atoms with Gasteiger partial charge in [0.1, 0.15) is 6.04 Å². The number of amides is 2. The molecule has 2 amide bonds. The van der Waals surface area contributed by atoms with Crippen molar-refractivity contribution in [2.75, 3.05) is 31.5 Å². The molecule has 31 heavy (non-hydrogen) atoms. The van der Waals surface area contributed by atoms with E-state index in [1.54, 1.807) is 0 Å². The second-order valence-corrected chi connectivity index (χ2v) is 9.18. The summed E-state index contributed by atoms with van der Waals surface area (Å²) in [6.45, 7) is 8.88. The molecule has 2 aliphatic rings. The molecular formula is C26H33N3O2. The summed E-state index contributed by atoms with van der Waals surface area (Å²) < 4.78 is 0. The Morgan fingerprint density at radius 1 is 1.00 bits per heavy atom. The van der Waals surface area contributed by atoms with Crippen LogP contribution in [0.25, 0.3) is 0 Å². The molecule has 1 fully saturated rings. The highest BCUT2D eigenvalue weighted by Gasteiger charge is 2.37. The Labute approximate surface area is 185 Å². The van der Waals surface area contributed by atoms with Crippen LogP contribution in [0.2, 0.25) is 0 Å². The van der Waals surface area contributed by atoms with Crippen molar-refractivity contribution in [2.45, 2.75) is 46.1 Å². The Morgan fingerprint density at radius 3 is 2.48 bits per heavy atom. The van der Waals surface area contributed by atoms with Gasteiger partial charge < -0.3 is 10.2 Å². The van der Waals surface area contributed by atoms with E-state index in [0.29, 0.717) is 12.5 Å². The lowest BCUT2D eigenvalue weighted by Crippen LogP contribution is -2.50. The number of hydrogen-bond acceptors (Lipinski definition) is 3. The Balaban J connectivity index is 1.53. The second kappa shape index (κ2) is 9.23. The van der Waals surface area contributed by atoms with Crippen LogP contribution in [0.15, 0.2) is 42.5 Å². The number of carbonyl (C=O) groups excluding carboxylic acids is 2. The number of likely N-dealkylation sites (tertiary alicyclic amines) is 1. The lowest BCUT2D eigenvalue weighted by Gasteiger charge is -2.40. The molecule has 164 valence electrons. The Kier molecular flexibility index (Phi) is 6.42. The third-order valence-corrected chi connectivity index (χ3v) is 6.85. The SMILES string of the molecule is Cc1ccc(NC(=O)CN2CCc3ccccc3C2C(=O)N2CCC(C)CC2)cc1C. The first kappa shape index (κ1) is 21.6. The van der Waals surface area contributed by atoms with Crippen LogP contribution in [0.1, 0.15) is 48.1 Å². The molecule has 0 radical (unpaired) electrons. The van der Waals surface area contributed by atoms with Gasteiger partial charge in [-0.3, -0.25) is 14.5 Å². The number of hydrogen-bond donors (Lipinski definition) is 1. The van der Waals surface area contributed by atoms with Crippen molar-refractivity contribution in [1.29, 1.82) is 0 Å². The van der Waals surface area contributed by atoms with Crippen molar-refractivity contribution in [1.82, 2.24) is 9.80 Å². The van der Waals surface area contributed by atoms with E-state index >= 15 is 0 Å². The summed E-state index contributed by atoms with van der Waals surface area (Å²) in [6, 6.07) is 13.8. The molecule has 1 N–H and O–H groups in total. The maximum Gasteiger partial charge on any atom is 0.244 e. The maximum atomic E-state index is 13.6. The molecule has 0 spiro atoms. The van der Waals surface area contributed by atoms with Crippen LogP contribution in [0, 0.1) is 19.8 Å². The quantitative estimate of drug-likeness (QED) is 0.812. The first-order valence-corrected chi connectivity index (χ1v) is 11.4. The minimum absolute atomic E-state index is 0.0762. The highest BCUT2D eigenvalue weighted by atomic mass is 16.2. The zero-order valence-corrected chi connectivity index (χ0v) is 18.9. The number of carbonyl (C=O) groups is 2. The molecule has 5 heteroatoms. The Hall–Kier alpha value is -2.66. The Morgan fingerprint density at radius 2 is 1.74 bits per heavy atom. The van der Waals surface area contributed by atoms with Crippen molar-refractivity contribution in [3.8, 4) is 0 Å². The zero-order valence-electron chi connectivity index (χ0n) is 18.9. The molecule has 5 nitrogen and oxygen atoms in total. The number of piperidine rings is 1. The monoisotopic (exact) mass is 419 g/mol. The molecule has 0 bridgehead atoms. The number of anilines is 1. The van der Waals surface area contributed by atoms with Gasteiger partial charge in [-0.2, -0.15) is 0 Å². The molecule has 0 saturated carbocycles. The van der Waals surface area contributed by atoms with Crippen molar-refractivity contribution < 1.29 is 9.59 Å². The van der Waals surface area contributed by atoms with Gasteiger partial charge >= 0.3 is 0 Å². The van der Waals surface area contributed by atoms with E-state index in [2.05, 4.69) is 36.2 Å². The number of nitrogens with one attached hydrogen (secondary N) is 1. The summed E-state index contributed by atoms with van der Waals surface area (Å²) in [5.41, 5.74) is 5.43. The molecule has 2 aromatic carbocycles. The maximum absolute atomic E-state index is 13.6. The fraction of sp³-hybridized carbons (Fsp3) is 0.462. The van der Waals surface area contributed by atoms with Crippen LogP contribution >= 0.6 is 0 Å². The van der Waals surface area contributed by atoms with E-state index in [1.807, 2.05) is 42.2 Å². The van der Waals surface area contributed by atoms with Crippen molar-refractivity contribution in [3.63, 3.8) is 0 Å². The number of rotatable bonds is 4. The van der Waals surface area contributed by atoms with Gasteiger partial charge in [0, 0.05) is 25.3 Å². The molecule has 2 heterocycles. The van der Waals surface area contributed by atoms with Gasteiger partial charge in [0.15, 0.2) is 0 Å². The van der Waals surface area contributed by atoms with Gasteiger partial charge in [-0.25, -0.2) is 0 Å². The van der Waals surface area contributed by atoms with Crippen LogP contribution in [0.3, 0.4) is 0 Å². The number of fused-ring (bicyclic) bond motifs is 1. The van der Waals surface area contributed by atoms with Crippen molar-refractivity contribution in [2.24, 2.45) is 5.92 Å². The van der Waals surface area contributed by atoms with Gasteiger partial charge in [0.05, 0.1) is 6.54 Å². The second-order valence-electron chi connectivity index (χ2n) is 9.18. The smallest absolute Gasteiger partial charge is 0.244 e. The van der Waals surface area contributed by atoms with Crippen LogP contribution in [-0.2, 0) is 16.0 Å². The Bertz CT molecular complexity index is 963. The standard InChI is InChI=1S/C26H33N3O2/c1-18-10-13-28(14-11-18)26(31)25-23-7-5-4-6-21(23)12-15-29(25)17-24(30)27-22-9-8-19(2)20(3)16-22/h4-9,16,18,25H,10-15,17H2,1-3H3,(H,27,30). The average Bonchev–Trinajstić information content (AvgIpc) is 2.76. The molecule has 4 rings (SSSR count). The summed E-state index contributed by atoms with van der Waals surface area (Å²) in [7, 11) is 0. The molecule has 0 aromatic heterocycles. The van der Waals surface area contributed by atoms with Gasteiger partial charge in [0.25, 0.3) is 0 Å². The molecule has 1 saturated heterocycles. The van der Waals surface area contributed by atoms with E-state index < -0.39 is 0 Å². The van der Waals surface area contributed by atoms with E-state index in [0.717, 1.165) is 49.2 Å². The molecule has 1 unspecified atom stereocenters. The van der Waals surface area contributed by atoms with Crippen molar-refractivity contribution >= 4 is 17.5 Å². The lowest BCUT2D eigenvalue weighted by molar-refractivity contribution is -0.139. The number of benzene rings is 2. The van der Waals surface area contributed by atoms with E-state index in [1.165, 1.54) is 11.1 Å². The molecular weight excluding hydrogens is 386 g/mol. The third kappa shape index (κ3) is 4.82. The van der Waals surface area contributed by atoms with Crippen LogP contribution in [-0.4, -0.2) is 47.8 Å². The predicted molar refractivity (Wildman–Crippen MR) is 124 cm³/mol.